The van der Waals surface area contributed by atoms with E-state index in [2.05, 4.69) is 5.32 Å². The molecule has 2 rings (SSSR count). The van der Waals surface area contributed by atoms with Crippen molar-refractivity contribution in [1.29, 1.82) is 0 Å². The number of nitrogens with one attached hydrogen (secondary N) is 1. The van der Waals surface area contributed by atoms with Gasteiger partial charge >= 0.3 is 12.2 Å². The molecule has 0 saturated carbocycles. The standard InChI is InChI=1S/C14H15F3N2O3/c1-3-7-22-13(2)11(20)19(12(21)18-13)10-6-4-5-9(8-10)14(15,16)17/h4-6,8H,3,7H2,1-2H3,(H,18,21). The minimum absolute atomic E-state index is 0.152. The Morgan fingerprint density at radius 1 is 1.32 bits per heavy atom. The van der Waals surface area contributed by atoms with E-state index in [0.29, 0.717) is 11.3 Å². The molecule has 0 radical (unpaired) electrons. The van der Waals surface area contributed by atoms with E-state index in [1.54, 1.807) is 0 Å². The number of hydrogen-bond acceptors (Lipinski definition) is 3. The Morgan fingerprint density at radius 2 is 2.00 bits per heavy atom. The van der Waals surface area contributed by atoms with Crippen LogP contribution in [0.5, 0.6) is 0 Å². The average molecular weight is 316 g/mol. The molecule has 120 valence electrons. The van der Waals surface area contributed by atoms with Gasteiger partial charge in [-0.05, 0) is 31.5 Å². The summed E-state index contributed by atoms with van der Waals surface area (Å²) in [7, 11) is 0. The highest BCUT2D eigenvalue weighted by atomic mass is 19.4. The third-order valence-electron chi connectivity index (χ3n) is 3.19. The lowest BCUT2D eigenvalue weighted by Crippen LogP contribution is -2.46. The van der Waals surface area contributed by atoms with Crippen molar-refractivity contribution in [2.75, 3.05) is 11.5 Å². The van der Waals surface area contributed by atoms with Crippen molar-refractivity contribution in [3.05, 3.63) is 29.8 Å². The molecule has 0 bridgehead atoms. The van der Waals surface area contributed by atoms with E-state index in [-0.39, 0.29) is 12.3 Å². The van der Waals surface area contributed by atoms with E-state index in [9.17, 15) is 22.8 Å². The molecule has 1 heterocycles. The van der Waals surface area contributed by atoms with Gasteiger partial charge in [-0.25, -0.2) is 9.69 Å². The molecule has 22 heavy (non-hydrogen) atoms. The molecule has 1 aromatic carbocycles. The maximum atomic E-state index is 12.7. The van der Waals surface area contributed by atoms with E-state index >= 15 is 0 Å². The Labute approximate surface area is 125 Å². The first-order valence-corrected chi connectivity index (χ1v) is 6.67. The van der Waals surface area contributed by atoms with Gasteiger partial charge in [0.05, 0.1) is 11.3 Å². The number of ether oxygens (including phenoxy) is 1. The van der Waals surface area contributed by atoms with Gasteiger partial charge in [-0.3, -0.25) is 4.79 Å². The number of benzene rings is 1. The molecule has 0 spiro atoms. The molecular formula is C14H15F3N2O3. The number of rotatable bonds is 4. The number of halogens is 3. The topological polar surface area (TPSA) is 58.6 Å². The van der Waals surface area contributed by atoms with Gasteiger partial charge in [-0.1, -0.05) is 13.0 Å². The molecule has 1 N–H and O–H groups in total. The second kappa shape index (κ2) is 5.60. The van der Waals surface area contributed by atoms with Crippen molar-refractivity contribution in [2.24, 2.45) is 0 Å². The van der Waals surface area contributed by atoms with Crippen LogP contribution in [-0.4, -0.2) is 24.3 Å². The third kappa shape index (κ3) is 2.92. The minimum Gasteiger partial charge on any atom is -0.347 e. The van der Waals surface area contributed by atoms with Crippen molar-refractivity contribution >= 4 is 17.6 Å². The van der Waals surface area contributed by atoms with Gasteiger partial charge in [-0.2, -0.15) is 13.2 Å². The lowest BCUT2D eigenvalue weighted by molar-refractivity contribution is -0.140. The smallest absolute Gasteiger partial charge is 0.347 e. The first kappa shape index (κ1) is 16.3. The third-order valence-corrected chi connectivity index (χ3v) is 3.19. The number of anilines is 1. The molecule has 1 saturated heterocycles. The number of carbonyl (C=O) groups is 2. The molecule has 8 heteroatoms. The Hall–Kier alpha value is -2.09. The van der Waals surface area contributed by atoms with Gasteiger partial charge in [0.25, 0.3) is 5.91 Å². The van der Waals surface area contributed by atoms with E-state index in [0.717, 1.165) is 18.2 Å². The van der Waals surface area contributed by atoms with Crippen LogP contribution in [0.2, 0.25) is 0 Å². The maximum Gasteiger partial charge on any atom is 0.416 e. The van der Waals surface area contributed by atoms with Crippen molar-refractivity contribution < 1.29 is 27.5 Å². The Balaban J connectivity index is 2.33. The van der Waals surface area contributed by atoms with E-state index in [1.165, 1.54) is 13.0 Å². The average Bonchev–Trinajstić information content (AvgIpc) is 2.66. The molecule has 1 aliphatic rings. The fourth-order valence-corrected chi connectivity index (χ4v) is 2.08. The molecule has 1 fully saturated rings. The second-order valence-corrected chi connectivity index (χ2v) is 5.00. The van der Waals surface area contributed by atoms with E-state index in [4.69, 9.17) is 4.74 Å². The van der Waals surface area contributed by atoms with Crippen molar-refractivity contribution in [1.82, 2.24) is 5.32 Å². The first-order chi connectivity index (χ1) is 10.2. The van der Waals surface area contributed by atoms with Gasteiger partial charge in [0, 0.05) is 6.61 Å². The number of urea groups is 1. The van der Waals surface area contributed by atoms with Crippen LogP contribution in [0, 0.1) is 0 Å². The summed E-state index contributed by atoms with van der Waals surface area (Å²) >= 11 is 0. The second-order valence-electron chi connectivity index (χ2n) is 5.00. The van der Waals surface area contributed by atoms with E-state index in [1.807, 2.05) is 6.92 Å². The lowest BCUT2D eigenvalue weighted by atomic mass is 10.1. The summed E-state index contributed by atoms with van der Waals surface area (Å²) in [5.41, 5.74) is -2.66. The highest BCUT2D eigenvalue weighted by Crippen LogP contribution is 2.33. The summed E-state index contributed by atoms with van der Waals surface area (Å²) in [6.07, 6.45) is -3.93. The summed E-state index contributed by atoms with van der Waals surface area (Å²) in [6, 6.07) is 3.21. The monoisotopic (exact) mass is 316 g/mol. The predicted octanol–water partition coefficient (Wildman–Crippen LogP) is 2.90. The largest absolute Gasteiger partial charge is 0.416 e. The van der Waals surface area contributed by atoms with Gasteiger partial charge in [-0.15, -0.1) is 0 Å². The zero-order chi connectivity index (χ0) is 16.5. The van der Waals surface area contributed by atoms with Crippen molar-refractivity contribution in [3.8, 4) is 0 Å². The number of amides is 3. The van der Waals surface area contributed by atoms with Crippen molar-refractivity contribution in [2.45, 2.75) is 32.2 Å². The fourth-order valence-electron chi connectivity index (χ4n) is 2.08. The highest BCUT2D eigenvalue weighted by molar-refractivity contribution is 6.22. The zero-order valence-corrected chi connectivity index (χ0v) is 12.0. The summed E-state index contributed by atoms with van der Waals surface area (Å²) < 4.78 is 43.5. The quantitative estimate of drug-likeness (QED) is 0.869. The number of imide groups is 1. The van der Waals surface area contributed by atoms with Crippen LogP contribution in [-0.2, 0) is 15.7 Å². The van der Waals surface area contributed by atoms with Crippen LogP contribution in [0.4, 0.5) is 23.7 Å². The predicted molar refractivity (Wildman–Crippen MR) is 72.1 cm³/mol. The molecule has 3 amide bonds. The van der Waals surface area contributed by atoms with Crippen LogP contribution in [0.3, 0.4) is 0 Å². The Morgan fingerprint density at radius 3 is 2.59 bits per heavy atom. The number of carbonyl (C=O) groups excluding carboxylic acids is 2. The SMILES string of the molecule is CCCOC1(C)NC(=O)N(c2cccc(C(F)(F)F)c2)C1=O. The van der Waals surface area contributed by atoms with E-state index < -0.39 is 29.4 Å². The molecule has 5 nitrogen and oxygen atoms in total. The summed E-state index contributed by atoms with van der Waals surface area (Å²) in [5, 5.41) is 2.36. The van der Waals surface area contributed by atoms with Gasteiger partial charge < -0.3 is 10.1 Å². The number of alkyl halides is 3. The summed E-state index contributed by atoms with van der Waals surface area (Å²) in [4.78, 5) is 25.0. The first-order valence-electron chi connectivity index (χ1n) is 6.67. The van der Waals surface area contributed by atoms with Crippen LogP contribution < -0.4 is 10.2 Å². The van der Waals surface area contributed by atoms with Gasteiger partial charge in [0.15, 0.2) is 0 Å². The molecule has 0 aliphatic carbocycles. The lowest BCUT2D eigenvalue weighted by Gasteiger charge is -2.22. The Kier molecular flexibility index (Phi) is 4.15. The minimum atomic E-state index is -4.56. The normalized spacial score (nSPS) is 22.1. The molecule has 1 unspecified atom stereocenters. The molecular weight excluding hydrogens is 301 g/mol. The van der Waals surface area contributed by atoms with Gasteiger partial charge in [0.1, 0.15) is 0 Å². The van der Waals surface area contributed by atoms with Crippen LogP contribution in [0.15, 0.2) is 24.3 Å². The van der Waals surface area contributed by atoms with Crippen molar-refractivity contribution in [3.63, 3.8) is 0 Å². The highest BCUT2D eigenvalue weighted by Gasteiger charge is 2.50. The Bertz CT molecular complexity index is 603. The zero-order valence-electron chi connectivity index (χ0n) is 12.0. The summed E-state index contributed by atoms with van der Waals surface area (Å²) in [6.45, 7) is 3.44. The van der Waals surface area contributed by atoms with Crippen LogP contribution in [0.1, 0.15) is 25.8 Å². The number of nitrogens with zero attached hydrogens (tertiary/aromatic N) is 1. The molecule has 1 aromatic rings. The fraction of sp³-hybridized carbons (Fsp3) is 0.429. The molecule has 1 atom stereocenters. The summed E-state index contributed by atoms with van der Waals surface area (Å²) in [5.74, 6) is -0.745. The van der Waals surface area contributed by atoms with Gasteiger partial charge in [0.2, 0.25) is 5.72 Å². The molecule has 0 aromatic heterocycles. The van der Waals surface area contributed by atoms with Crippen LogP contribution >= 0.6 is 0 Å². The van der Waals surface area contributed by atoms with Crippen LogP contribution in [0.25, 0.3) is 0 Å². The number of hydrogen-bond donors (Lipinski definition) is 1. The maximum absolute atomic E-state index is 12.7. The molecule has 1 aliphatic heterocycles.